The van der Waals surface area contributed by atoms with Crippen molar-refractivity contribution in [3.8, 4) is 11.6 Å². The Hall–Kier alpha value is -3.34. The molecule has 2 aliphatic rings. The topological polar surface area (TPSA) is 114 Å². The fraction of sp³-hybridized carbons (Fsp3) is 0.476. The van der Waals surface area contributed by atoms with E-state index in [0.29, 0.717) is 19.0 Å². The lowest BCUT2D eigenvalue weighted by molar-refractivity contribution is -0.385. The number of hydrogen-bond donors (Lipinski definition) is 1. The molecule has 1 aromatic carbocycles. The molecule has 2 aliphatic heterocycles. The number of anilines is 1. The van der Waals surface area contributed by atoms with E-state index in [1.54, 1.807) is 4.90 Å². The number of rotatable bonds is 6. The van der Waals surface area contributed by atoms with Gasteiger partial charge in [-0.2, -0.15) is 0 Å². The van der Waals surface area contributed by atoms with Gasteiger partial charge in [0.05, 0.1) is 11.0 Å². The van der Waals surface area contributed by atoms with E-state index in [1.165, 1.54) is 38.3 Å². The number of benzene rings is 1. The molecular weight excluding hydrogens is 419 g/mol. The Morgan fingerprint density at radius 3 is 2.62 bits per heavy atom. The van der Waals surface area contributed by atoms with Crippen molar-refractivity contribution >= 4 is 17.5 Å². The van der Waals surface area contributed by atoms with Crippen molar-refractivity contribution in [1.29, 1.82) is 0 Å². The number of amides is 2. The summed E-state index contributed by atoms with van der Waals surface area (Å²) in [5, 5.41) is 13.5. The van der Waals surface area contributed by atoms with E-state index < -0.39 is 10.7 Å². The largest absolute Gasteiger partial charge is 0.436 e. The molecular formula is C21H25FN6O4. The summed E-state index contributed by atoms with van der Waals surface area (Å²) in [4.78, 5) is 34.9. The van der Waals surface area contributed by atoms with E-state index in [9.17, 15) is 19.3 Å². The molecule has 10 nitrogen and oxygen atoms in total. The molecule has 1 aromatic heterocycles. The average Bonchev–Trinajstić information content (AvgIpc) is 3.29. The first-order valence-electron chi connectivity index (χ1n) is 10.7. The minimum Gasteiger partial charge on any atom is -0.436 e. The van der Waals surface area contributed by atoms with E-state index in [1.807, 2.05) is 0 Å². The van der Waals surface area contributed by atoms with Gasteiger partial charge in [0.2, 0.25) is 5.88 Å². The van der Waals surface area contributed by atoms with Gasteiger partial charge >= 0.3 is 6.03 Å². The number of nitrogens with zero attached hydrogens (tertiary/aromatic N) is 5. The first-order valence-corrected chi connectivity index (χ1v) is 10.7. The van der Waals surface area contributed by atoms with Crippen LogP contribution in [0, 0.1) is 21.8 Å². The Labute approximate surface area is 184 Å². The van der Waals surface area contributed by atoms with Crippen LogP contribution in [-0.4, -0.2) is 63.4 Å². The molecule has 0 saturated carbocycles. The Bertz CT molecular complexity index is 977. The van der Waals surface area contributed by atoms with Gasteiger partial charge in [-0.15, -0.1) is 0 Å². The maximum Gasteiger partial charge on any atom is 0.323 e. The van der Waals surface area contributed by atoms with Crippen molar-refractivity contribution in [2.75, 3.05) is 38.0 Å². The van der Waals surface area contributed by atoms with Crippen LogP contribution in [0.5, 0.6) is 11.6 Å². The van der Waals surface area contributed by atoms with Crippen LogP contribution >= 0.6 is 0 Å². The van der Waals surface area contributed by atoms with E-state index >= 15 is 0 Å². The number of piperidine rings is 1. The molecule has 11 heteroatoms. The van der Waals surface area contributed by atoms with E-state index in [-0.39, 0.29) is 29.2 Å². The van der Waals surface area contributed by atoms with Crippen LogP contribution < -0.4 is 10.1 Å². The highest BCUT2D eigenvalue weighted by Crippen LogP contribution is 2.27. The van der Waals surface area contributed by atoms with E-state index in [0.717, 1.165) is 37.6 Å². The number of aromatic nitrogens is 2. The van der Waals surface area contributed by atoms with Gasteiger partial charge in [-0.1, -0.05) is 0 Å². The Morgan fingerprint density at radius 1 is 1.19 bits per heavy atom. The molecule has 2 aromatic rings. The normalized spacial score (nSPS) is 17.3. The third-order valence-corrected chi connectivity index (χ3v) is 5.83. The third-order valence-electron chi connectivity index (χ3n) is 5.83. The van der Waals surface area contributed by atoms with Crippen LogP contribution in [0.15, 0.2) is 30.6 Å². The number of urea groups is 1. The van der Waals surface area contributed by atoms with Gasteiger partial charge in [0, 0.05) is 31.8 Å². The Kier molecular flexibility index (Phi) is 6.74. The summed E-state index contributed by atoms with van der Waals surface area (Å²) in [5.41, 5.74) is -0.380. The summed E-state index contributed by atoms with van der Waals surface area (Å²) in [6.07, 6.45) is 5.70. The first kappa shape index (κ1) is 21.9. The van der Waals surface area contributed by atoms with Crippen molar-refractivity contribution in [2.24, 2.45) is 5.92 Å². The molecule has 0 bridgehead atoms. The molecule has 1 N–H and O–H groups in total. The van der Waals surface area contributed by atoms with Crippen LogP contribution in [0.25, 0.3) is 0 Å². The van der Waals surface area contributed by atoms with E-state index in [2.05, 4.69) is 20.2 Å². The Morgan fingerprint density at radius 2 is 1.94 bits per heavy atom. The molecule has 0 unspecified atom stereocenters. The van der Waals surface area contributed by atoms with Crippen LogP contribution in [-0.2, 0) is 0 Å². The molecule has 3 heterocycles. The van der Waals surface area contributed by atoms with Crippen LogP contribution in [0.3, 0.4) is 0 Å². The number of non-ortho nitro benzene ring substituents is 1. The third kappa shape index (κ3) is 5.47. The molecule has 2 amide bonds. The number of likely N-dealkylation sites (tertiary alicyclic amines) is 2. The van der Waals surface area contributed by atoms with Gasteiger partial charge in [0.1, 0.15) is 12.1 Å². The Balaban J connectivity index is 1.31. The minimum absolute atomic E-state index is 0.00683. The lowest BCUT2D eigenvalue weighted by Crippen LogP contribution is -2.43. The number of carbonyl (C=O) groups excluding carboxylic acids is 1. The summed E-state index contributed by atoms with van der Waals surface area (Å²) in [7, 11) is 0. The second-order valence-electron chi connectivity index (χ2n) is 8.08. The highest BCUT2D eigenvalue weighted by Gasteiger charge is 2.25. The van der Waals surface area contributed by atoms with Gasteiger partial charge < -0.3 is 14.5 Å². The highest BCUT2D eigenvalue weighted by atomic mass is 19.1. The lowest BCUT2D eigenvalue weighted by Gasteiger charge is -2.33. The molecule has 0 spiro atoms. The molecule has 2 saturated heterocycles. The molecule has 32 heavy (non-hydrogen) atoms. The van der Waals surface area contributed by atoms with Crippen LogP contribution in [0.2, 0.25) is 0 Å². The number of halogens is 1. The predicted octanol–water partition coefficient (Wildman–Crippen LogP) is 3.66. The quantitative estimate of drug-likeness (QED) is 0.534. The van der Waals surface area contributed by atoms with Gasteiger partial charge in [0.15, 0.2) is 11.6 Å². The van der Waals surface area contributed by atoms with Crippen molar-refractivity contribution in [2.45, 2.75) is 25.7 Å². The first-order chi connectivity index (χ1) is 15.5. The van der Waals surface area contributed by atoms with Crippen molar-refractivity contribution in [3.05, 3.63) is 46.5 Å². The van der Waals surface area contributed by atoms with Crippen molar-refractivity contribution in [1.82, 2.24) is 19.8 Å². The zero-order valence-corrected chi connectivity index (χ0v) is 17.6. The monoisotopic (exact) mass is 444 g/mol. The van der Waals surface area contributed by atoms with Gasteiger partial charge in [0.25, 0.3) is 5.69 Å². The lowest BCUT2D eigenvalue weighted by atomic mass is 9.96. The molecule has 170 valence electrons. The van der Waals surface area contributed by atoms with Crippen molar-refractivity contribution in [3.63, 3.8) is 0 Å². The summed E-state index contributed by atoms with van der Waals surface area (Å²) < 4.78 is 19.4. The fourth-order valence-electron chi connectivity index (χ4n) is 4.10. The van der Waals surface area contributed by atoms with Crippen molar-refractivity contribution < 1.29 is 18.8 Å². The molecule has 0 atom stereocenters. The SMILES string of the molecule is O=C(Nc1cc(Oc2ccc([N+](=O)[O-])cc2F)ncn1)N1CCC(CN2CCCC2)CC1. The zero-order valence-electron chi connectivity index (χ0n) is 17.6. The zero-order chi connectivity index (χ0) is 22.5. The second kappa shape index (κ2) is 9.86. The highest BCUT2D eigenvalue weighted by molar-refractivity contribution is 5.88. The predicted molar refractivity (Wildman–Crippen MR) is 114 cm³/mol. The summed E-state index contributed by atoms with van der Waals surface area (Å²) >= 11 is 0. The van der Waals surface area contributed by atoms with Crippen LogP contribution in [0.1, 0.15) is 25.7 Å². The average molecular weight is 444 g/mol. The minimum atomic E-state index is -0.889. The van der Waals surface area contributed by atoms with Gasteiger partial charge in [-0.3, -0.25) is 15.4 Å². The maximum atomic E-state index is 14.1. The number of carbonyl (C=O) groups is 1. The molecule has 4 rings (SSSR count). The molecule has 2 fully saturated rings. The standard InChI is InChI=1S/C21H25FN6O4/c22-17-11-16(28(30)31)3-4-18(17)32-20-12-19(23-14-24-20)25-21(29)27-9-5-15(6-10-27)13-26-7-1-2-8-26/h3-4,11-12,14-15H,1-2,5-10,13H2,(H,23,24,25,29). The molecule has 0 radical (unpaired) electrons. The smallest absolute Gasteiger partial charge is 0.323 e. The summed E-state index contributed by atoms with van der Waals surface area (Å²) in [6.45, 7) is 4.85. The number of nitro benzene ring substituents is 1. The molecule has 0 aliphatic carbocycles. The maximum absolute atomic E-state index is 14.1. The van der Waals surface area contributed by atoms with Gasteiger partial charge in [-0.05, 0) is 50.8 Å². The fourth-order valence-corrected chi connectivity index (χ4v) is 4.10. The second-order valence-corrected chi connectivity index (χ2v) is 8.08. The summed E-state index contributed by atoms with van der Waals surface area (Å²) in [6, 6.07) is 4.18. The number of nitrogens with one attached hydrogen (secondary N) is 1. The van der Waals surface area contributed by atoms with E-state index in [4.69, 9.17) is 4.74 Å². The number of hydrogen-bond acceptors (Lipinski definition) is 7. The van der Waals surface area contributed by atoms with Gasteiger partial charge in [-0.25, -0.2) is 19.2 Å². The number of nitro groups is 1. The summed E-state index contributed by atoms with van der Waals surface area (Å²) in [5.74, 6) is -0.256. The van der Waals surface area contributed by atoms with Crippen LogP contribution in [0.4, 0.5) is 20.7 Å². The number of ether oxygens (including phenoxy) is 1.